The standard InChI is InChI=1S/C33H46N4O4/c1-8-33(4,23-32(2,3)31(41)36-22-19-27(36)37(5,6)7)30(40)35-21-12-20-34-29(39)26-17-15-25(16-18-26)28(38)24-13-10-9-11-14-24/h9-11,13-18,27H,8,12,19-23H2,1-7H3,(H-,34,35,39,40)/p+1. The van der Waals surface area contributed by atoms with Crippen molar-refractivity contribution in [2.45, 2.75) is 59.5 Å². The van der Waals surface area contributed by atoms with Gasteiger partial charge in [-0.1, -0.05) is 70.2 Å². The van der Waals surface area contributed by atoms with Crippen LogP contribution in [0.3, 0.4) is 0 Å². The summed E-state index contributed by atoms with van der Waals surface area (Å²) in [6.07, 6.45) is 2.82. The van der Waals surface area contributed by atoms with Crippen LogP contribution in [0, 0.1) is 10.8 Å². The van der Waals surface area contributed by atoms with Gasteiger partial charge in [0, 0.05) is 53.6 Å². The maximum atomic E-state index is 13.4. The molecule has 2 N–H and O–H groups in total. The number of benzene rings is 2. The van der Waals surface area contributed by atoms with E-state index in [4.69, 9.17) is 0 Å². The Hall–Kier alpha value is -3.52. The van der Waals surface area contributed by atoms with E-state index in [1.807, 2.05) is 50.8 Å². The van der Waals surface area contributed by atoms with Crippen LogP contribution in [0.1, 0.15) is 79.7 Å². The van der Waals surface area contributed by atoms with Crippen LogP contribution in [0.5, 0.6) is 0 Å². The monoisotopic (exact) mass is 563 g/mol. The molecule has 0 aromatic heterocycles. The van der Waals surface area contributed by atoms with E-state index in [1.54, 1.807) is 36.4 Å². The third kappa shape index (κ3) is 7.82. The Morgan fingerprint density at radius 3 is 1.95 bits per heavy atom. The largest absolute Gasteiger partial charge is 0.356 e. The molecule has 0 saturated carbocycles. The number of carbonyl (C=O) groups is 4. The van der Waals surface area contributed by atoms with Crippen LogP contribution in [0.2, 0.25) is 0 Å². The molecule has 8 heteroatoms. The van der Waals surface area contributed by atoms with Gasteiger partial charge in [0.15, 0.2) is 11.9 Å². The minimum absolute atomic E-state index is 0.0716. The highest BCUT2D eigenvalue weighted by molar-refractivity contribution is 6.09. The number of carbonyl (C=O) groups excluding carboxylic acids is 4. The summed E-state index contributed by atoms with van der Waals surface area (Å²) in [5.74, 6) is -0.284. The lowest BCUT2D eigenvalue weighted by Crippen LogP contribution is -2.66. The molecular formula is C33H47N4O4+. The normalized spacial score (nSPS) is 16.8. The van der Waals surface area contributed by atoms with Crippen molar-refractivity contribution in [2.75, 3.05) is 40.8 Å². The minimum Gasteiger partial charge on any atom is -0.356 e. The molecule has 1 heterocycles. The maximum absolute atomic E-state index is 13.4. The molecule has 2 aromatic rings. The van der Waals surface area contributed by atoms with Crippen LogP contribution in [0.4, 0.5) is 0 Å². The average Bonchev–Trinajstić information content (AvgIpc) is 2.90. The fourth-order valence-corrected chi connectivity index (χ4v) is 5.56. The molecule has 0 radical (unpaired) electrons. The number of hydrogen-bond donors (Lipinski definition) is 2. The number of nitrogens with one attached hydrogen (secondary N) is 2. The van der Waals surface area contributed by atoms with Gasteiger partial charge in [-0.25, -0.2) is 0 Å². The van der Waals surface area contributed by atoms with Gasteiger partial charge in [-0.3, -0.25) is 24.1 Å². The number of rotatable bonds is 13. The van der Waals surface area contributed by atoms with Gasteiger partial charge in [0.05, 0.1) is 21.1 Å². The van der Waals surface area contributed by atoms with Gasteiger partial charge in [0.25, 0.3) is 5.91 Å². The molecule has 1 fully saturated rings. The molecular weight excluding hydrogens is 516 g/mol. The molecule has 222 valence electrons. The first kappa shape index (κ1) is 32.0. The van der Waals surface area contributed by atoms with Crippen LogP contribution in [-0.2, 0) is 9.59 Å². The first-order valence-electron chi connectivity index (χ1n) is 14.6. The zero-order valence-corrected chi connectivity index (χ0v) is 25.8. The summed E-state index contributed by atoms with van der Waals surface area (Å²) >= 11 is 0. The van der Waals surface area contributed by atoms with Crippen LogP contribution in [-0.4, -0.2) is 79.8 Å². The second-order valence-corrected chi connectivity index (χ2v) is 13.0. The summed E-state index contributed by atoms with van der Waals surface area (Å²) < 4.78 is 0.711. The molecule has 0 aliphatic carbocycles. The number of hydrogen-bond acceptors (Lipinski definition) is 4. The van der Waals surface area contributed by atoms with Crippen molar-refractivity contribution < 1.29 is 23.7 Å². The van der Waals surface area contributed by atoms with E-state index in [2.05, 4.69) is 31.8 Å². The second kappa shape index (κ2) is 13.0. The Morgan fingerprint density at radius 1 is 0.854 bits per heavy atom. The molecule has 0 spiro atoms. The van der Waals surface area contributed by atoms with Gasteiger partial charge >= 0.3 is 0 Å². The van der Waals surface area contributed by atoms with Crippen LogP contribution in [0.25, 0.3) is 0 Å². The predicted molar refractivity (Wildman–Crippen MR) is 161 cm³/mol. The third-order valence-corrected chi connectivity index (χ3v) is 8.25. The highest BCUT2D eigenvalue weighted by atomic mass is 16.2. The smallest absolute Gasteiger partial charge is 0.251 e. The molecule has 8 nitrogen and oxygen atoms in total. The number of ketones is 1. The fraction of sp³-hybridized carbons (Fsp3) is 0.515. The van der Waals surface area contributed by atoms with E-state index in [0.717, 1.165) is 13.0 Å². The molecule has 1 saturated heterocycles. The lowest BCUT2D eigenvalue weighted by molar-refractivity contribution is -0.913. The first-order valence-corrected chi connectivity index (χ1v) is 14.6. The molecule has 2 atom stereocenters. The van der Waals surface area contributed by atoms with Crippen LogP contribution >= 0.6 is 0 Å². The van der Waals surface area contributed by atoms with E-state index >= 15 is 0 Å². The van der Waals surface area contributed by atoms with Crippen molar-refractivity contribution in [3.8, 4) is 0 Å². The molecule has 2 aromatic carbocycles. The van der Waals surface area contributed by atoms with Gasteiger partial charge < -0.3 is 15.1 Å². The zero-order valence-electron chi connectivity index (χ0n) is 25.8. The van der Waals surface area contributed by atoms with Crippen molar-refractivity contribution in [3.63, 3.8) is 0 Å². The number of amides is 3. The Balaban J connectivity index is 1.45. The zero-order chi connectivity index (χ0) is 30.4. The Kier molecular flexibility index (Phi) is 10.1. The molecule has 1 aliphatic rings. The van der Waals surface area contributed by atoms with Crippen LogP contribution < -0.4 is 10.6 Å². The molecule has 3 amide bonds. The van der Waals surface area contributed by atoms with E-state index in [1.165, 1.54) is 0 Å². The highest BCUT2D eigenvalue weighted by Crippen LogP contribution is 2.40. The quantitative estimate of drug-likeness (QED) is 0.216. The summed E-state index contributed by atoms with van der Waals surface area (Å²) in [5.41, 5.74) is 0.255. The van der Waals surface area contributed by atoms with E-state index in [-0.39, 0.29) is 29.7 Å². The van der Waals surface area contributed by atoms with Gasteiger partial charge in [-0.15, -0.1) is 0 Å². The summed E-state index contributed by atoms with van der Waals surface area (Å²) in [5, 5.41) is 5.89. The predicted octanol–water partition coefficient (Wildman–Crippen LogP) is 4.25. The van der Waals surface area contributed by atoms with Crippen molar-refractivity contribution in [1.82, 2.24) is 15.5 Å². The average molecular weight is 564 g/mol. The number of nitrogens with zero attached hydrogens (tertiary/aromatic N) is 2. The molecule has 41 heavy (non-hydrogen) atoms. The Morgan fingerprint density at radius 2 is 1.41 bits per heavy atom. The molecule has 0 bridgehead atoms. The van der Waals surface area contributed by atoms with E-state index in [9.17, 15) is 19.2 Å². The Labute approximate surface area is 245 Å². The summed E-state index contributed by atoms with van der Waals surface area (Å²) in [7, 11) is 6.32. The highest BCUT2D eigenvalue weighted by Gasteiger charge is 2.48. The lowest BCUT2D eigenvalue weighted by Gasteiger charge is -2.50. The fourth-order valence-electron chi connectivity index (χ4n) is 5.56. The molecule has 2 unspecified atom stereocenters. The van der Waals surface area contributed by atoms with E-state index in [0.29, 0.717) is 53.5 Å². The van der Waals surface area contributed by atoms with Gasteiger partial charge in [0.2, 0.25) is 11.8 Å². The van der Waals surface area contributed by atoms with Crippen molar-refractivity contribution in [2.24, 2.45) is 10.8 Å². The third-order valence-electron chi connectivity index (χ3n) is 8.25. The number of quaternary nitrogens is 1. The Bertz CT molecular complexity index is 1230. The van der Waals surface area contributed by atoms with Gasteiger partial charge in [0.1, 0.15) is 0 Å². The van der Waals surface area contributed by atoms with Gasteiger partial charge in [-0.05, 0) is 31.4 Å². The SMILES string of the molecule is CCC(C)(CC(C)(C)C(=O)N1CCC1[N+](C)(C)C)C(=O)NCCCNC(=O)c1ccc(C(=O)c2ccccc2)cc1. The van der Waals surface area contributed by atoms with Crippen LogP contribution in [0.15, 0.2) is 54.6 Å². The second-order valence-electron chi connectivity index (χ2n) is 13.0. The topological polar surface area (TPSA) is 95.6 Å². The van der Waals surface area contributed by atoms with Crippen molar-refractivity contribution in [3.05, 3.63) is 71.3 Å². The van der Waals surface area contributed by atoms with E-state index < -0.39 is 10.8 Å². The van der Waals surface area contributed by atoms with Gasteiger partial charge in [-0.2, -0.15) is 0 Å². The lowest BCUT2D eigenvalue weighted by atomic mass is 9.70. The first-order chi connectivity index (χ1) is 19.2. The molecule has 3 rings (SSSR count). The minimum atomic E-state index is -0.682. The maximum Gasteiger partial charge on any atom is 0.251 e. The number of likely N-dealkylation sites (tertiary alicyclic amines) is 1. The van der Waals surface area contributed by atoms with Crippen molar-refractivity contribution in [1.29, 1.82) is 0 Å². The van der Waals surface area contributed by atoms with Crippen molar-refractivity contribution >= 4 is 23.5 Å². The summed E-state index contributed by atoms with van der Waals surface area (Å²) in [6.45, 7) is 9.39. The summed E-state index contributed by atoms with van der Waals surface area (Å²) in [4.78, 5) is 53.8. The molecule has 1 aliphatic heterocycles. The summed E-state index contributed by atoms with van der Waals surface area (Å²) in [6, 6.07) is 15.6.